The molecular weight excluding hydrogens is 144 g/mol. The molecule has 1 atom stereocenters. The van der Waals surface area contributed by atoms with E-state index in [1.807, 2.05) is 0 Å². The third kappa shape index (κ3) is 7.87. The van der Waals surface area contributed by atoms with Crippen molar-refractivity contribution in [1.29, 1.82) is 0 Å². The summed E-state index contributed by atoms with van der Waals surface area (Å²) in [6.45, 7) is 1.28. The van der Waals surface area contributed by atoms with Crippen molar-refractivity contribution >= 4 is 10.1 Å². The molecule has 0 aliphatic rings. The lowest BCUT2D eigenvalue weighted by Crippen LogP contribution is -2.14. The van der Waals surface area contributed by atoms with Gasteiger partial charge >= 0.3 is 0 Å². The van der Waals surface area contributed by atoms with Crippen LogP contribution in [0.15, 0.2) is 0 Å². The molecular formula is C4H10O4S. The summed E-state index contributed by atoms with van der Waals surface area (Å²) in [5.41, 5.74) is 0. The quantitative estimate of drug-likeness (QED) is 0.548. The Morgan fingerprint density at radius 1 is 1.67 bits per heavy atom. The molecule has 56 valence electrons. The van der Waals surface area contributed by atoms with Gasteiger partial charge in [0.1, 0.15) is 0 Å². The van der Waals surface area contributed by atoms with Crippen molar-refractivity contribution in [2.24, 2.45) is 0 Å². The van der Waals surface area contributed by atoms with Crippen molar-refractivity contribution in [3.63, 3.8) is 0 Å². The zero-order valence-corrected chi connectivity index (χ0v) is 6.18. The Balaban J connectivity index is 3.53. The first-order chi connectivity index (χ1) is 3.92. The first-order valence-corrected chi connectivity index (χ1v) is 4.26. The van der Waals surface area contributed by atoms with Crippen LogP contribution < -0.4 is 0 Å². The van der Waals surface area contributed by atoms with E-state index in [-0.39, 0.29) is 6.61 Å². The average molecular weight is 154 g/mol. The number of rotatable bonds is 3. The minimum atomic E-state index is -3.38. The molecule has 0 aromatic rings. The van der Waals surface area contributed by atoms with Gasteiger partial charge in [-0.25, -0.2) is 0 Å². The van der Waals surface area contributed by atoms with E-state index in [2.05, 4.69) is 4.18 Å². The van der Waals surface area contributed by atoms with E-state index in [0.29, 0.717) is 0 Å². The van der Waals surface area contributed by atoms with Crippen LogP contribution in [0.3, 0.4) is 0 Å². The normalized spacial score (nSPS) is 15.4. The number of hydrogen-bond donors (Lipinski definition) is 1. The van der Waals surface area contributed by atoms with Gasteiger partial charge in [-0.05, 0) is 6.92 Å². The standard InChI is InChI=1S/C4H10O4S/c1-4(5)3-8-9(2,6)7/h4-5H,3H2,1-2H3. The molecule has 0 saturated carbocycles. The van der Waals surface area contributed by atoms with Crippen LogP contribution in [0.1, 0.15) is 6.92 Å². The van der Waals surface area contributed by atoms with Crippen LogP contribution in [-0.2, 0) is 14.3 Å². The van der Waals surface area contributed by atoms with Crippen LogP contribution in [0.5, 0.6) is 0 Å². The summed E-state index contributed by atoms with van der Waals surface area (Å²) in [6.07, 6.45) is 0.203. The molecule has 0 amide bonds. The number of aliphatic hydroxyl groups is 1. The van der Waals surface area contributed by atoms with E-state index in [9.17, 15) is 8.42 Å². The number of hydrogen-bond acceptors (Lipinski definition) is 4. The van der Waals surface area contributed by atoms with E-state index in [4.69, 9.17) is 5.11 Å². The zero-order chi connectivity index (χ0) is 7.49. The van der Waals surface area contributed by atoms with Crippen molar-refractivity contribution in [3.05, 3.63) is 0 Å². The third-order valence-electron chi connectivity index (χ3n) is 0.523. The molecule has 4 nitrogen and oxygen atoms in total. The van der Waals surface area contributed by atoms with Gasteiger partial charge in [-0.15, -0.1) is 0 Å². The van der Waals surface area contributed by atoms with Crippen LogP contribution in [0.4, 0.5) is 0 Å². The van der Waals surface area contributed by atoms with Gasteiger partial charge in [0, 0.05) is 0 Å². The van der Waals surface area contributed by atoms with E-state index >= 15 is 0 Å². The van der Waals surface area contributed by atoms with Crippen LogP contribution >= 0.6 is 0 Å². The van der Waals surface area contributed by atoms with Gasteiger partial charge in [0.2, 0.25) is 0 Å². The minimum Gasteiger partial charge on any atom is -0.391 e. The molecule has 9 heavy (non-hydrogen) atoms. The smallest absolute Gasteiger partial charge is 0.264 e. The number of aliphatic hydroxyl groups excluding tert-OH is 1. The lowest BCUT2D eigenvalue weighted by molar-refractivity contribution is 0.126. The maximum Gasteiger partial charge on any atom is 0.264 e. The summed E-state index contributed by atoms with van der Waals surface area (Å²) in [7, 11) is -3.38. The van der Waals surface area contributed by atoms with E-state index in [1.54, 1.807) is 0 Å². The largest absolute Gasteiger partial charge is 0.391 e. The van der Waals surface area contributed by atoms with Crippen molar-refractivity contribution in [2.75, 3.05) is 12.9 Å². The van der Waals surface area contributed by atoms with Crippen molar-refractivity contribution in [2.45, 2.75) is 13.0 Å². The molecule has 5 heteroatoms. The highest BCUT2D eigenvalue weighted by Gasteiger charge is 2.03. The fourth-order valence-corrected chi connectivity index (χ4v) is 0.666. The van der Waals surface area contributed by atoms with Gasteiger partial charge in [-0.3, -0.25) is 4.18 Å². The predicted octanol–water partition coefficient (Wildman–Crippen LogP) is -0.657. The highest BCUT2D eigenvalue weighted by molar-refractivity contribution is 7.85. The van der Waals surface area contributed by atoms with Crippen molar-refractivity contribution in [3.8, 4) is 0 Å². The molecule has 0 aliphatic carbocycles. The molecule has 0 aliphatic heterocycles. The van der Waals surface area contributed by atoms with Gasteiger partial charge in [0.25, 0.3) is 10.1 Å². The van der Waals surface area contributed by atoms with Crippen LogP contribution in [0.25, 0.3) is 0 Å². The topological polar surface area (TPSA) is 63.6 Å². The monoisotopic (exact) mass is 154 g/mol. The minimum absolute atomic E-state index is 0.168. The lowest BCUT2D eigenvalue weighted by Gasteiger charge is -2.01. The Morgan fingerprint density at radius 3 is 2.22 bits per heavy atom. The molecule has 0 radical (unpaired) electrons. The van der Waals surface area contributed by atoms with Gasteiger partial charge in [-0.2, -0.15) is 8.42 Å². The Bertz CT molecular complexity index is 157. The summed E-state index contributed by atoms with van der Waals surface area (Å²) in [5, 5.41) is 8.53. The zero-order valence-electron chi connectivity index (χ0n) is 5.36. The highest BCUT2D eigenvalue weighted by atomic mass is 32.2. The van der Waals surface area contributed by atoms with Crippen LogP contribution in [0, 0.1) is 0 Å². The van der Waals surface area contributed by atoms with Gasteiger partial charge < -0.3 is 5.11 Å². The Hall–Kier alpha value is -0.130. The summed E-state index contributed by atoms with van der Waals surface area (Å²) in [6, 6.07) is 0. The summed E-state index contributed by atoms with van der Waals surface area (Å²) in [4.78, 5) is 0. The summed E-state index contributed by atoms with van der Waals surface area (Å²) >= 11 is 0. The molecule has 0 bridgehead atoms. The fraction of sp³-hybridized carbons (Fsp3) is 1.00. The average Bonchev–Trinajstić information content (AvgIpc) is 1.59. The lowest BCUT2D eigenvalue weighted by atomic mass is 10.5. The maximum atomic E-state index is 10.2. The third-order valence-corrected chi connectivity index (χ3v) is 1.09. The Kier molecular flexibility index (Phi) is 3.10. The predicted molar refractivity (Wildman–Crippen MR) is 32.5 cm³/mol. The summed E-state index contributed by atoms with van der Waals surface area (Å²) < 4.78 is 24.6. The van der Waals surface area contributed by atoms with E-state index < -0.39 is 16.2 Å². The van der Waals surface area contributed by atoms with Gasteiger partial charge in [-0.1, -0.05) is 0 Å². The molecule has 1 N–H and O–H groups in total. The van der Waals surface area contributed by atoms with Crippen molar-refractivity contribution in [1.82, 2.24) is 0 Å². The molecule has 0 saturated heterocycles. The fourth-order valence-electron chi connectivity index (χ4n) is 0.222. The molecule has 0 fully saturated rings. The first kappa shape index (κ1) is 8.87. The molecule has 0 aromatic carbocycles. The van der Waals surface area contributed by atoms with E-state index in [0.717, 1.165) is 6.26 Å². The Labute approximate surface area is 54.6 Å². The molecule has 0 aromatic heterocycles. The van der Waals surface area contributed by atoms with Crippen LogP contribution in [0.2, 0.25) is 0 Å². The molecule has 0 rings (SSSR count). The van der Waals surface area contributed by atoms with Gasteiger partial charge in [0.05, 0.1) is 19.0 Å². The second-order valence-electron chi connectivity index (χ2n) is 1.84. The van der Waals surface area contributed by atoms with Gasteiger partial charge in [0.15, 0.2) is 0 Å². The Morgan fingerprint density at radius 2 is 2.11 bits per heavy atom. The van der Waals surface area contributed by atoms with Crippen LogP contribution in [-0.4, -0.2) is 32.5 Å². The molecule has 1 unspecified atom stereocenters. The second-order valence-corrected chi connectivity index (χ2v) is 3.48. The summed E-state index contributed by atoms with van der Waals surface area (Å²) in [5.74, 6) is 0. The first-order valence-electron chi connectivity index (χ1n) is 2.44. The second kappa shape index (κ2) is 3.14. The SMILES string of the molecule is CC(O)COS(C)(=O)=O. The van der Waals surface area contributed by atoms with Crippen molar-refractivity contribution < 1.29 is 17.7 Å². The maximum absolute atomic E-state index is 10.2. The molecule has 0 heterocycles. The highest BCUT2D eigenvalue weighted by Crippen LogP contribution is 1.88. The van der Waals surface area contributed by atoms with E-state index in [1.165, 1.54) is 6.92 Å². The molecule has 0 spiro atoms.